The van der Waals surface area contributed by atoms with Crippen molar-refractivity contribution in [3.8, 4) is 28.4 Å². The van der Waals surface area contributed by atoms with Gasteiger partial charge in [-0.1, -0.05) is 57.3 Å². The molecule has 0 atom stereocenters. The third kappa shape index (κ3) is 7.36. The van der Waals surface area contributed by atoms with E-state index in [-0.39, 0.29) is 17.0 Å². The van der Waals surface area contributed by atoms with Gasteiger partial charge in [-0.25, -0.2) is 10.2 Å². The Hall–Kier alpha value is -3.83. The number of rotatable bonds is 10. The summed E-state index contributed by atoms with van der Waals surface area (Å²) in [5.74, 6) is 0.0226. The Morgan fingerprint density at radius 2 is 1.69 bits per heavy atom. The number of fused-ring (bicyclic) bond motifs is 1. The molecule has 45 heavy (non-hydrogen) atoms. The average molecular weight is 774 g/mol. The monoisotopic (exact) mass is 771 g/mol. The Bertz CT molecular complexity index is 1940. The maximum absolute atomic E-state index is 13.5. The van der Waals surface area contributed by atoms with Gasteiger partial charge in [-0.05, 0) is 84.4 Å². The number of H-pyrrole nitrogens is 1. The number of aromatic nitrogens is 1. The fourth-order valence-corrected chi connectivity index (χ4v) is 6.35. The highest BCUT2D eigenvalue weighted by atomic mass is 79.9. The average Bonchev–Trinajstić information content (AvgIpc) is 3.38. The van der Waals surface area contributed by atoms with Gasteiger partial charge in [0.1, 0.15) is 5.69 Å². The summed E-state index contributed by atoms with van der Waals surface area (Å²) in [5.41, 5.74) is 5.45. The van der Waals surface area contributed by atoms with Crippen molar-refractivity contribution in [2.24, 2.45) is 5.10 Å². The number of nitrogens with one attached hydrogen (secondary N) is 2. The van der Waals surface area contributed by atoms with E-state index in [4.69, 9.17) is 37.4 Å². The molecule has 1 heterocycles. The van der Waals surface area contributed by atoms with Gasteiger partial charge < -0.3 is 19.2 Å². The van der Waals surface area contributed by atoms with Crippen LogP contribution in [0, 0.1) is 0 Å². The first-order valence-electron chi connectivity index (χ1n) is 13.7. The summed E-state index contributed by atoms with van der Waals surface area (Å²) in [6.45, 7) is 4.55. The van der Waals surface area contributed by atoms with Crippen molar-refractivity contribution in [1.29, 1.82) is 0 Å². The van der Waals surface area contributed by atoms with Gasteiger partial charge >= 0.3 is 5.97 Å². The number of nitrogens with zero attached hydrogens (tertiary/aromatic N) is 1. The zero-order valence-electron chi connectivity index (χ0n) is 23.9. The number of benzene rings is 4. The molecule has 12 heteroatoms. The molecule has 2 N–H and O–H groups in total. The van der Waals surface area contributed by atoms with Crippen LogP contribution in [0.3, 0.4) is 0 Å². The van der Waals surface area contributed by atoms with Crippen LogP contribution in [0.15, 0.2) is 86.8 Å². The summed E-state index contributed by atoms with van der Waals surface area (Å²) in [7, 11) is 0. The van der Waals surface area contributed by atoms with E-state index < -0.39 is 11.9 Å². The van der Waals surface area contributed by atoms with E-state index in [0.29, 0.717) is 65.9 Å². The molecule has 0 aliphatic rings. The fraction of sp³-hybridized carbons (Fsp3) is 0.121. The van der Waals surface area contributed by atoms with Crippen molar-refractivity contribution in [3.63, 3.8) is 0 Å². The largest absolute Gasteiger partial charge is 0.490 e. The quantitative estimate of drug-likeness (QED) is 0.0638. The number of esters is 1. The molecule has 0 fully saturated rings. The first-order valence-corrected chi connectivity index (χ1v) is 16.0. The first-order chi connectivity index (χ1) is 21.7. The van der Waals surface area contributed by atoms with Crippen molar-refractivity contribution in [2.75, 3.05) is 13.2 Å². The van der Waals surface area contributed by atoms with Crippen molar-refractivity contribution in [2.45, 2.75) is 13.8 Å². The molecule has 1 amide bonds. The molecule has 5 aromatic rings. The van der Waals surface area contributed by atoms with Crippen LogP contribution in [0.2, 0.25) is 10.0 Å². The SMILES string of the molecule is CCOc1ccc(C(=O)Oc2c(Br)cc(Br)cc2C=NNC(=O)c2[nH]c3ccc(Cl)cc3c2-c2ccccc2Cl)cc1OCC. The van der Waals surface area contributed by atoms with Gasteiger partial charge in [0.2, 0.25) is 0 Å². The molecule has 0 radical (unpaired) electrons. The second-order valence-corrected chi connectivity index (χ2v) is 12.1. The van der Waals surface area contributed by atoms with E-state index in [1.54, 1.807) is 54.6 Å². The molecule has 0 unspecified atom stereocenters. The maximum atomic E-state index is 13.5. The zero-order valence-corrected chi connectivity index (χ0v) is 28.6. The highest BCUT2D eigenvalue weighted by Gasteiger charge is 2.22. The van der Waals surface area contributed by atoms with E-state index >= 15 is 0 Å². The number of hydrogen-bond donors (Lipinski definition) is 2. The zero-order chi connectivity index (χ0) is 32.1. The third-order valence-electron chi connectivity index (χ3n) is 6.51. The van der Waals surface area contributed by atoms with Crippen LogP contribution in [0.5, 0.6) is 17.2 Å². The van der Waals surface area contributed by atoms with Gasteiger partial charge in [-0.15, -0.1) is 0 Å². The van der Waals surface area contributed by atoms with Crippen LogP contribution in [0.1, 0.15) is 40.3 Å². The minimum atomic E-state index is -0.623. The van der Waals surface area contributed by atoms with E-state index in [2.05, 4.69) is 47.4 Å². The van der Waals surface area contributed by atoms with Crippen LogP contribution in [0.25, 0.3) is 22.0 Å². The van der Waals surface area contributed by atoms with Gasteiger partial charge in [0, 0.05) is 42.1 Å². The molecule has 0 aliphatic heterocycles. The minimum Gasteiger partial charge on any atom is -0.490 e. The van der Waals surface area contributed by atoms with E-state index in [1.807, 2.05) is 32.0 Å². The van der Waals surface area contributed by atoms with Crippen LogP contribution in [-0.4, -0.2) is 36.3 Å². The molecule has 0 saturated heterocycles. The van der Waals surface area contributed by atoms with Crippen LogP contribution < -0.4 is 19.6 Å². The molecule has 0 bridgehead atoms. The standard InChI is InChI=1S/C33H25Br2Cl2N3O5/c1-3-43-27-12-9-18(14-28(27)44-4-2)33(42)45-31-19(13-20(34)15-24(31)35)17-38-40-32(41)30-29(22-7-5-6-8-25(22)37)23-16-21(36)10-11-26(23)39-30/h5-17,39H,3-4H2,1-2H3,(H,40,41). The lowest BCUT2D eigenvalue weighted by Gasteiger charge is -2.13. The summed E-state index contributed by atoms with van der Waals surface area (Å²) in [5, 5.41) is 5.91. The van der Waals surface area contributed by atoms with Crippen molar-refractivity contribution < 1.29 is 23.8 Å². The Balaban J connectivity index is 1.43. The van der Waals surface area contributed by atoms with Crippen LogP contribution in [0.4, 0.5) is 0 Å². The molecular weight excluding hydrogens is 749 g/mol. The van der Waals surface area contributed by atoms with Crippen molar-refractivity contribution in [1.82, 2.24) is 10.4 Å². The highest BCUT2D eigenvalue weighted by molar-refractivity contribution is 9.11. The van der Waals surface area contributed by atoms with Gasteiger partial charge in [0.15, 0.2) is 17.2 Å². The smallest absolute Gasteiger partial charge is 0.343 e. The molecule has 4 aromatic carbocycles. The lowest BCUT2D eigenvalue weighted by atomic mass is 10.0. The maximum Gasteiger partial charge on any atom is 0.343 e. The third-order valence-corrected chi connectivity index (χ3v) is 8.12. The number of amides is 1. The summed E-state index contributed by atoms with van der Waals surface area (Å²) in [4.78, 5) is 29.9. The lowest BCUT2D eigenvalue weighted by Crippen LogP contribution is -2.19. The summed E-state index contributed by atoms with van der Waals surface area (Å²) in [6.07, 6.45) is 1.38. The summed E-state index contributed by atoms with van der Waals surface area (Å²) >= 11 is 19.7. The first kappa shape index (κ1) is 32.6. The number of carbonyl (C=O) groups is 2. The van der Waals surface area contributed by atoms with Gasteiger partial charge in [0.05, 0.1) is 29.5 Å². The van der Waals surface area contributed by atoms with Crippen LogP contribution >= 0.6 is 55.1 Å². The highest BCUT2D eigenvalue weighted by Crippen LogP contribution is 2.38. The molecule has 1 aromatic heterocycles. The summed E-state index contributed by atoms with van der Waals surface area (Å²) < 4.78 is 18.2. The van der Waals surface area contributed by atoms with Gasteiger partial charge in [0.25, 0.3) is 5.91 Å². The number of carbonyl (C=O) groups excluding carboxylic acids is 2. The van der Waals surface area contributed by atoms with E-state index in [1.165, 1.54) is 6.21 Å². The number of hydrazone groups is 1. The molecule has 0 saturated carbocycles. The second-order valence-electron chi connectivity index (χ2n) is 9.47. The second kappa shape index (κ2) is 14.5. The van der Waals surface area contributed by atoms with Gasteiger partial charge in [-0.3, -0.25) is 4.79 Å². The summed E-state index contributed by atoms with van der Waals surface area (Å²) in [6, 6.07) is 20.8. The normalized spacial score (nSPS) is 11.2. The number of ether oxygens (including phenoxy) is 3. The number of aromatic amines is 1. The molecule has 230 valence electrons. The van der Waals surface area contributed by atoms with Crippen molar-refractivity contribution in [3.05, 3.63) is 109 Å². The molecule has 8 nitrogen and oxygen atoms in total. The Morgan fingerprint density at radius 1 is 0.933 bits per heavy atom. The van der Waals surface area contributed by atoms with Gasteiger partial charge in [-0.2, -0.15) is 5.10 Å². The molecular formula is C33H25Br2Cl2N3O5. The fourth-order valence-electron chi connectivity index (χ4n) is 4.61. The minimum absolute atomic E-state index is 0.199. The van der Waals surface area contributed by atoms with Crippen LogP contribution in [-0.2, 0) is 0 Å². The van der Waals surface area contributed by atoms with Crippen molar-refractivity contribution >= 4 is 84.1 Å². The molecule has 0 aliphatic carbocycles. The predicted molar refractivity (Wildman–Crippen MR) is 184 cm³/mol. The number of hydrogen-bond acceptors (Lipinski definition) is 6. The van der Waals surface area contributed by atoms with E-state index in [9.17, 15) is 9.59 Å². The predicted octanol–water partition coefficient (Wildman–Crippen LogP) is 9.45. The Kier molecular flexibility index (Phi) is 10.5. The topological polar surface area (TPSA) is 102 Å². The Morgan fingerprint density at radius 3 is 2.44 bits per heavy atom. The molecule has 5 rings (SSSR count). The molecule has 0 spiro atoms. The Labute approximate surface area is 285 Å². The van der Waals surface area contributed by atoms with E-state index in [0.717, 1.165) is 5.39 Å². The number of halogens is 4. The lowest BCUT2D eigenvalue weighted by molar-refractivity contribution is 0.0732.